The van der Waals surface area contributed by atoms with Crippen LogP contribution >= 0.6 is 0 Å². The second-order valence-electron chi connectivity index (χ2n) is 3.93. The van der Waals surface area contributed by atoms with E-state index in [9.17, 15) is 10.1 Å². The first kappa shape index (κ1) is 15.7. The van der Waals surface area contributed by atoms with E-state index in [-0.39, 0.29) is 17.9 Å². The molecule has 0 aromatic carbocycles. The van der Waals surface area contributed by atoms with Crippen molar-refractivity contribution in [2.75, 3.05) is 44.1 Å². The predicted octanol–water partition coefficient (Wildman–Crippen LogP) is 1.40. The Labute approximate surface area is 117 Å². The molecule has 1 rings (SSSR count). The first-order chi connectivity index (χ1) is 9.63. The van der Waals surface area contributed by atoms with Crippen LogP contribution in [0.3, 0.4) is 0 Å². The number of anilines is 2. The van der Waals surface area contributed by atoms with E-state index in [2.05, 4.69) is 10.3 Å². The van der Waals surface area contributed by atoms with Crippen LogP contribution in [-0.2, 0) is 4.74 Å². The third-order valence-corrected chi connectivity index (χ3v) is 2.67. The Morgan fingerprint density at radius 1 is 1.55 bits per heavy atom. The highest BCUT2D eigenvalue weighted by Gasteiger charge is 2.21. The fourth-order valence-electron chi connectivity index (χ4n) is 1.67. The van der Waals surface area contributed by atoms with E-state index in [0.717, 1.165) is 0 Å². The van der Waals surface area contributed by atoms with E-state index in [0.29, 0.717) is 25.5 Å². The lowest BCUT2D eigenvalue weighted by atomic mass is 10.3. The zero-order chi connectivity index (χ0) is 15.0. The highest BCUT2D eigenvalue weighted by atomic mass is 16.6. The summed E-state index contributed by atoms with van der Waals surface area (Å²) in [5.74, 6) is 0.777. The number of nitrogens with zero attached hydrogens (tertiary/aromatic N) is 4. The van der Waals surface area contributed by atoms with Crippen molar-refractivity contribution in [2.45, 2.75) is 6.42 Å². The number of pyridine rings is 1. The molecule has 0 fully saturated rings. The van der Waals surface area contributed by atoms with Gasteiger partial charge in [-0.2, -0.15) is 5.26 Å². The Hall–Kier alpha value is -2.40. The van der Waals surface area contributed by atoms with Crippen molar-refractivity contribution in [3.63, 3.8) is 0 Å². The average Bonchev–Trinajstić information content (AvgIpc) is 2.46. The molecular formula is C12H17N5O3. The Kier molecular flexibility index (Phi) is 6.19. The molecule has 0 atom stereocenters. The van der Waals surface area contributed by atoms with Gasteiger partial charge in [-0.3, -0.25) is 10.1 Å². The molecule has 0 aliphatic heterocycles. The molecule has 108 valence electrons. The number of nitro groups is 1. The van der Waals surface area contributed by atoms with Gasteiger partial charge in [-0.15, -0.1) is 0 Å². The summed E-state index contributed by atoms with van der Waals surface area (Å²) >= 11 is 0. The van der Waals surface area contributed by atoms with Gasteiger partial charge in [-0.25, -0.2) is 4.98 Å². The minimum Gasteiger partial charge on any atom is -0.383 e. The third-order valence-electron chi connectivity index (χ3n) is 2.67. The summed E-state index contributed by atoms with van der Waals surface area (Å²) in [6.45, 7) is 1.19. The maximum Gasteiger partial charge on any atom is 0.311 e. The van der Waals surface area contributed by atoms with Gasteiger partial charge in [0.15, 0.2) is 0 Å². The SMILES string of the molecule is CNc1ccc([N+](=O)[O-])c(N(CCC#N)CCOC)n1. The summed E-state index contributed by atoms with van der Waals surface area (Å²) in [5, 5.41) is 22.6. The number of aromatic nitrogens is 1. The van der Waals surface area contributed by atoms with Crippen molar-refractivity contribution >= 4 is 17.3 Å². The number of hydrogen-bond donors (Lipinski definition) is 1. The highest BCUT2D eigenvalue weighted by Crippen LogP contribution is 2.27. The number of nitrogens with one attached hydrogen (secondary N) is 1. The highest BCUT2D eigenvalue weighted by molar-refractivity contribution is 5.61. The average molecular weight is 279 g/mol. The van der Waals surface area contributed by atoms with Crippen molar-refractivity contribution in [1.29, 1.82) is 5.26 Å². The lowest BCUT2D eigenvalue weighted by Crippen LogP contribution is -2.29. The second kappa shape index (κ2) is 7.91. The molecule has 1 aromatic rings. The smallest absolute Gasteiger partial charge is 0.311 e. The van der Waals surface area contributed by atoms with Crippen LogP contribution in [0.1, 0.15) is 6.42 Å². The van der Waals surface area contributed by atoms with Gasteiger partial charge in [0.1, 0.15) is 5.82 Å². The van der Waals surface area contributed by atoms with Gasteiger partial charge in [-0.1, -0.05) is 0 Å². The maximum atomic E-state index is 11.1. The fourth-order valence-corrected chi connectivity index (χ4v) is 1.67. The zero-order valence-electron chi connectivity index (χ0n) is 11.5. The van der Waals surface area contributed by atoms with E-state index in [1.165, 1.54) is 6.07 Å². The normalized spacial score (nSPS) is 9.85. The molecule has 1 N–H and O–H groups in total. The van der Waals surface area contributed by atoms with E-state index >= 15 is 0 Å². The van der Waals surface area contributed by atoms with Crippen LogP contribution in [-0.4, -0.2) is 43.8 Å². The minimum absolute atomic E-state index is 0.0851. The lowest BCUT2D eigenvalue weighted by Gasteiger charge is -2.22. The first-order valence-electron chi connectivity index (χ1n) is 6.08. The Balaban J connectivity index is 3.13. The molecular weight excluding hydrogens is 262 g/mol. The molecule has 0 unspecified atom stereocenters. The van der Waals surface area contributed by atoms with E-state index in [1.54, 1.807) is 25.1 Å². The van der Waals surface area contributed by atoms with Crippen LogP contribution in [0.5, 0.6) is 0 Å². The number of methoxy groups -OCH3 is 1. The quantitative estimate of drug-likeness (QED) is 0.566. The summed E-state index contributed by atoms with van der Waals surface area (Å²) in [5.41, 5.74) is -0.0851. The van der Waals surface area contributed by atoms with E-state index in [1.807, 2.05) is 6.07 Å². The predicted molar refractivity (Wildman–Crippen MR) is 74.8 cm³/mol. The van der Waals surface area contributed by atoms with Crippen LogP contribution in [0.15, 0.2) is 12.1 Å². The Morgan fingerprint density at radius 2 is 2.30 bits per heavy atom. The van der Waals surface area contributed by atoms with Gasteiger partial charge in [0, 0.05) is 33.3 Å². The Morgan fingerprint density at radius 3 is 2.85 bits per heavy atom. The number of nitriles is 1. The molecule has 0 spiro atoms. The number of hydrogen-bond acceptors (Lipinski definition) is 7. The minimum atomic E-state index is -0.478. The molecule has 20 heavy (non-hydrogen) atoms. The Bertz CT molecular complexity index is 500. The standard InChI is InChI=1S/C12H17N5O3/c1-14-11-5-4-10(17(18)19)12(15-11)16(7-3-6-13)8-9-20-2/h4-5H,3,7-9H2,1-2H3,(H,14,15). The molecule has 0 saturated heterocycles. The zero-order valence-corrected chi connectivity index (χ0v) is 11.5. The summed E-state index contributed by atoms with van der Waals surface area (Å²) in [6.07, 6.45) is 0.256. The van der Waals surface area contributed by atoms with Crippen molar-refractivity contribution < 1.29 is 9.66 Å². The lowest BCUT2D eigenvalue weighted by molar-refractivity contribution is -0.384. The van der Waals surface area contributed by atoms with Gasteiger partial charge in [-0.05, 0) is 6.07 Å². The van der Waals surface area contributed by atoms with E-state index in [4.69, 9.17) is 10.00 Å². The largest absolute Gasteiger partial charge is 0.383 e. The van der Waals surface area contributed by atoms with Crippen LogP contribution < -0.4 is 10.2 Å². The van der Waals surface area contributed by atoms with Gasteiger partial charge in [0.2, 0.25) is 5.82 Å². The molecule has 0 bridgehead atoms. The molecule has 8 heteroatoms. The van der Waals surface area contributed by atoms with Crippen molar-refractivity contribution in [2.24, 2.45) is 0 Å². The molecule has 1 aromatic heterocycles. The molecule has 0 amide bonds. The van der Waals surface area contributed by atoms with E-state index < -0.39 is 4.92 Å². The first-order valence-corrected chi connectivity index (χ1v) is 6.08. The van der Waals surface area contributed by atoms with Gasteiger partial charge >= 0.3 is 5.69 Å². The number of rotatable bonds is 8. The number of ether oxygens (including phenoxy) is 1. The molecule has 0 saturated carbocycles. The van der Waals surface area contributed by atoms with Crippen LogP contribution in [0, 0.1) is 21.4 Å². The summed E-state index contributed by atoms with van der Waals surface area (Å²) in [6, 6.07) is 4.97. The molecule has 8 nitrogen and oxygen atoms in total. The van der Waals surface area contributed by atoms with Crippen molar-refractivity contribution in [1.82, 2.24) is 4.98 Å². The fraction of sp³-hybridized carbons (Fsp3) is 0.500. The van der Waals surface area contributed by atoms with Gasteiger partial charge in [0.05, 0.1) is 24.0 Å². The monoisotopic (exact) mass is 279 g/mol. The van der Waals surface area contributed by atoms with Crippen molar-refractivity contribution in [3.05, 3.63) is 22.2 Å². The second-order valence-corrected chi connectivity index (χ2v) is 3.93. The van der Waals surface area contributed by atoms with Gasteiger partial charge in [0.25, 0.3) is 0 Å². The maximum absolute atomic E-state index is 11.1. The topological polar surface area (TPSA) is 104 Å². The molecule has 0 aliphatic carbocycles. The van der Waals surface area contributed by atoms with Crippen LogP contribution in [0.4, 0.5) is 17.3 Å². The van der Waals surface area contributed by atoms with Gasteiger partial charge < -0.3 is 15.0 Å². The third kappa shape index (κ3) is 4.07. The van der Waals surface area contributed by atoms with Crippen molar-refractivity contribution in [3.8, 4) is 6.07 Å². The summed E-state index contributed by atoms with van der Waals surface area (Å²) in [7, 11) is 3.24. The molecule has 1 heterocycles. The summed E-state index contributed by atoms with van der Waals surface area (Å²) < 4.78 is 4.99. The molecule has 0 radical (unpaired) electrons. The van der Waals surface area contributed by atoms with Crippen LogP contribution in [0.2, 0.25) is 0 Å². The van der Waals surface area contributed by atoms with Crippen LogP contribution in [0.25, 0.3) is 0 Å². The summed E-state index contributed by atoms with van der Waals surface area (Å²) in [4.78, 5) is 16.5. The molecule has 0 aliphatic rings.